The Bertz CT molecular complexity index is 1420. The van der Waals surface area contributed by atoms with Gasteiger partial charge in [-0.3, -0.25) is 14.0 Å². The fourth-order valence-electron chi connectivity index (χ4n) is 3.54. The second-order valence-corrected chi connectivity index (χ2v) is 9.13. The third kappa shape index (κ3) is 6.96. The van der Waals surface area contributed by atoms with E-state index < -0.39 is 11.1 Å². The van der Waals surface area contributed by atoms with Crippen molar-refractivity contribution in [3.05, 3.63) is 89.9 Å². The van der Waals surface area contributed by atoms with Gasteiger partial charge in [-0.05, 0) is 61.4 Å². The van der Waals surface area contributed by atoms with Gasteiger partial charge in [-0.25, -0.2) is 9.97 Å². The molecule has 2 heterocycles. The molecule has 1 unspecified atom stereocenters. The van der Waals surface area contributed by atoms with Gasteiger partial charge in [0.1, 0.15) is 5.75 Å². The highest BCUT2D eigenvalue weighted by Crippen LogP contribution is 2.26. The topological polar surface area (TPSA) is 129 Å². The SMILES string of the molecule is CCCOc1cc(C(=O)Nc2ccc(C)c(Nc3nccc(-c4cccnc4)n3)c2)ccc1CS(=O)[O-]. The molecule has 37 heavy (non-hydrogen) atoms. The zero-order chi connectivity index (χ0) is 26.2. The van der Waals surface area contributed by atoms with E-state index in [2.05, 4.69) is 25.6 Å². The number of hydrogen-bond acceptors (Lipinski definition) is 8. The van der Waals surface area contributed by atoms with Crippen LogP contribution in [0.1, 0.15) is 34.8 Å². The molecule has 190 valence electrons. The maximum Gasteiger partial charge on any atom is 0.255 e. The summed E-state index contributed by atoms with van der Waals surface area (Å²) in [6, 6.07) is 15.8. The molecule has 10 heteroatoms. The predicted octanol–water partition coefficient (Wildman–Crippen LogP) is 5.01. The molecule has 2 aromatic carbocycles. The third-order valence-corrected chi connectivity index (χ3v) is 5.97. The van der Waals surface area contributed by atoms with Crippen LogP contribution < -0.4 is 15.4 Å². The lowest BCUT2D eigenvalue weighted by atomic mass is 10.1. The van der Waals surface area contributed by atoms with Crippen LogP contribution in [-0.4, -0.2) is 36.2 Å². The molecule has 0 saturated carbocycles. The van der Waals surface area contributed by atoms with Gasteiger partial charge in [0.15, 0.2) is 0 Å². The van der Waals surface area contributed by atoms with Crippen LogP contribution in [0.3, 0.4) is 0 Å². The largest absolute Gasteiger partial charge is 0.772 e. The van der Waals surface area contributed by atoms with E-state index in [0.717, 1.165) is 28.9 Å². The van der Waals surface area contributed by atoms with Crippen molar-refractivity contribution in [2.45, 2.75) is 26.0 Å². The lowest BCUT2D eigenvalue weighted by Gasteiger charge is -2.15. The fraction of sp³-hybridized carbons (Fsp3) is 0.185. The van der Waals surface area contributed by atoms with Crippen LogP contribution in [0.25, 0.3) is 11.3 Å². The van der Waals surface area contributed by atoms with E-state index in [4.69, 9.17) is 4.74 Å². The second kappa shape index (κ2) is 12.2. The molecule has 4 rings (SSSR count). The molecular formula is C27H26N5O4S-. The molecule has 1 atom stereocenters. The fourth-order valence-corrected chi connectivity index (χ4v) is 4.03. The monoisotopic (exact) mass is 516 g/mol. The molecule has 0 aliphatic rings. The van der Waals surface area contributed by atoms with Crippen molar-refractivity contribution in [2.75, 3.05) is 17.2 Å². The maximum atomic E-state index is 13.0. The van der Waals surface area contributed by atoms with Gasteiger partial charge in [-0.2, -0.15) is 0 Å². The third-order valence-electron chi connectivity index (χ3n) is 5.42. The van der Waals surface area contributed by atoms with E-state index in [1.54, 1.807) is 48.9 Å². The summed E-state index contributed by atoms with van der Waals surface area (Å²) in [7, 11) is 0. The Morgan fingerprint density at radius 1 is 1.11 bits per heavy atom. The Hall–Kier alpha value is -4.15. The number of aryl methyl sites for hydroxylation is 1. The normalized spacial score (nSPS) is 11.5. The average Bonchev–Trinajstić information content (AvgIpc) is 2.90. The summed E-state index contributed by atoms with van der Waals surface area (Å²) in [5.74, 6) is 0.270. The number of aromatic nitrogens is 3. The average molecular weight is 517 g/mol. The zero-order valence-corrected chi connectivity index (χ0v) is 21.2. The summed E-state index contributed by atoms with van der Waals surface area (Å²) in [6.45, 7) is 4.31. The van der Waals surface area contributed by atoms with Crippen LogP contribution in [0.15, 0.2) is 73.2 Å². The molecule has 9 nitrogen and oxygen atoms in total. The molecule has 0 fully saturated rings. The van der Waals surface area contributed by atoms with E-state index in [9.17, 15) is 13.6 Å². The Kier molecular flexibility index (Phi) is 8.55. The van der Waals surface area contributed by atoms with E-state index in [1.165, 1.54) is 0 Å². The number of carbonyl (C=O) groups excluding carboxylic acids is 1. The summed E-state index contributed by atoms with van der Waals surface area (Å²) < 4.78 is 28.1. The van der Waals surface area contributed by atoms with Crippen LogP contribution in [0.5, 0.6) is 5.75 Å². The van der Waals surface area contributed by atoms with E-state index in [0.29, 0.717) is 35.1 Å². The van der Waals surface area contributed by atoms with E-state index in [1.807, 2.05) is 38.1 Å². The number of anilines is 3. The smallest absolute Gasteiger partial charge is 0.255 e. The molecule has 0 aliphatic heterocycles. The lowest BCUT2D eigenvalue weighted by Crippen LogP contribution is -2.13. The number of amides is 1. The first-order valence-corrected chi connectivity index (χ1v) is 12.9. The second-order valence-electron chi connectivity index (χ2n) is 8.24. The van der Waals surface area contributed by atoms with E-state index >= 15 is 0 Å². The van der Waals surface area contributed by atoms with Crippen LogP contribution in [-0.2, 0) is 16.8 Å². The Labute approximate surface area is 217 Å². The van der Waals surface area contributed by atoms with E-state index in [-0.39, 0.29) is 11.7 Å². The van der Waals surface area contributed by atoms with Crippen LogP contribution in [0, 0.1) is 6.92 Å². The number of hydrogen-bond donors (Lipinski definition) is 2. The highest BCUT2D eigenvalue weighted by atomic mass is 32.2. The minimum Gasteiger partial charge on any atom is -0.772 e. The van der Waals surface area contributed by atoms with Gasteiger partial charge >= 0.3 is 0 Å². The van der Waals surface area contributed by atoms with Crippen molar-refractivity contribution in [3.63, 3.8) is 0 Å². The summed E-state index contributed by atoms with van der Waals surface area (Å²) >= 11 is -2.27. The number of nitrogens with one attached hydrogen (secondary N) is 2. The van der Waals surface area contributed by atoms with Gasteiger partial charge in [0.05, 0.1) is 12.3 Å². The number of pyridine rings is 1. The minimum atomic E-state index is -2.27. The van der Waals surface area contributed by atoms with Gasteiger partial charge < -0.3 is 19.9 Å². The van der Waals surface area contributed by atoms with Crippen molar-refractivity contribution < 1.29 is 18.3 Å². The standard InChI is InChI=1S/C27H27N5O4S/c1-3-13-36-25-14-19(7-8-21(25)17-37(34)35)26(33)30-22-9-6-18(2)24(15-22)32-27-29-12-10-23(31-27)20-5-4-11-28-16-20/h4-12,14-16H,3,13,17H2,1-2H3,(H,30,33)(H,34,35)(H,29,31,32)/p-1. The summed E-state index contributed by atoms with van der Waals surface area (Å²) in [5.41, 5.74) is 4.73. The first kappa shape index (κ1) is 25.9. The van der Waals surface area contributed by atoms with Crippen LogP contribution >= 0.6 is 0 Å². The molecule has 0 radical (unpaired) electrons. The zero-order valence-electron chi connectivity index (χ0n) is 20.4. The van der Waals surface area contributed by atoms with Gasteiger partial charge in [-0.15, -0.1) is 0 Å². The molecular weight excluding hydrogens is 490 g/mol. The molecule has 2 N–H and O–H groups in total. The first-order valence-electron chi connectivity index (χ1n) is 11.7. The maximum absolute atomic E-state index is 13.0. The number of rotatable bonds is 10. The highest BCUT2D eigenvalue weighted by molar-refractivity contribution is 7.78. The highest BCUT2D eigenvalue weighted by Gasteiger charge is 2.13. The lowest BCUT2D eigenvalue weighted by molar-refractivity contribution is 0.102. The molecule has 0 saturated heterocycles. The van der Waals surface area contributed by atoms with Gasteiger partial charge in [0.25, 0.3) is 5.91 Å². The molecule has 0 aliphatic carbocycles. The summed E-state index contributed by atoms with van der Waals surface area (Å²) in [5, 5.41) is 6.11. The quantitative estimate of drug-likeness (QED) is 0.281. The van der Waals surface area contributed by atoms with Crippen molar-refractivity contribution >= 4 is 34.3 Å². The van der Waals surface area contributed by atoms with Crippen LogP contribution in [0.2, 0.25) is 0 Å². The van der Waals surface area contributed by atoms with Gasteiger partial charge in [-0.1, -0.05) is 30.1 Å². The van der Waals surface area contributed by atoms with Crippen molar-refractivity contribution in [2.24, 2.45) is 0 Å². The Balaban J connectivity index is 1.52. The number of carbonyl (C=O) groups is 1. The van der Waals surface area contributed by atoms with Gasteiger partial charge in [0.2, 0.25) is 5.95 Å². The first-order chi connectivity index (χ1) is 17.9. The number of nitrogens with zero attached hydrogens (tertiary/aromatic N) is 3. The Morgan fingerprint density at radius 2 is 1.97 bits per heavy atom. The molecule has 1 amide bonds. The van der Waals surface area contributed by atoms with Crippen molar-refractivity contribution in [3.8, 4) is 17.0 Å². The molecule has 0 bridgehead atoms. The molecule has 4 aromatic rings. The summed E-state index contributed by atoms with van der Waals surface area (Å²) in [6.07, 6.45) is 5.86. The molecule has 2 aromatic heterocycles. The number of ether oxygens (including phenoxy) is 1. The Morgan fingerprint density at radius 3 is 2.73 bits per heavy atom. The molecule has 0 spiro atoms. The minimum absolute atomic E-state index is 0.183. The summed E-state index contributed by atoms with van der Waals surface area (Å²) in [4.78, 5) is 26.0. The van der Waals surface area contributed by atoms with Gasteiger partial charge in [0, 0.05) is 52.4 Å². The number of benzene rings is 2. The van der Waals surface area contributed by atoms with Crippen molar-refractivity contribution in [1.82, 2.24) is 15.0 Å². The predicted molar refractivity (Wildman–Crippen MR) is 143 cm³/mol. The van der Waals surface area contributed by atoms with Crippen LogP contribution in [0.4, 0.5) is 17.3 Å². The van der Waals surface area contributed by atoms with Crippen molar-refractivity contribution in [1.29, 1.82) is 0 Å².